The van der Waals surface area contributed by atoms with E-state index in [2.05, 4.69) is 5.32 Å². The zero-order chi connectivity index (χ0) is 15.1. The molecule has 0 aliphatic heterocycles. The van der Waals surface area contributed by atoms with Gasteiger partial charge in [0, 0.05) is 11.3 Å². The molecule has 0 fully saturated rings. The Labute approximate surface area is 128 Å². The van der Waals surface area contributed by atoms with E-state index in [1.165, 1.54) is 6.08 Å². The highest BCUT2D eigenvalue weighted by molar-refractivity contribution is 6.29. The molecule has 2 rings (SSSR count). The summed E-state index contributed by atoms with van der Waals surface area (Å²) in [6.07, 6.45) is 3.30. The van der Waals surface area contributed by atoms with Crippen LogP contribution in [0.5, 0.6) is 0 Å². The monoisotopic (exact) mass is 299 g/mol. The number of carbonyl (C=O) groups excluding carboxylic acids is 2. The van der Waals surface area contributed by atoms with Crippen LogP contribution in [-0.4, -0.2) is 17.6 Å². The Morgan fingerprint density at radius 2 is 1.67 bits per heavy atom. The predicted molar refractivity (Wildman–Crippen MR) is 85.6 cm³/mol. The molecule has 3 nitrogen and oxygen atoms in total. The van der Waals surface area contributed by atoms with E-state index in [4.69, 9.17) is 11.6 Å². The van der Waals surface area contributed by atoms with Gasteiger partial charge < -0.3 is 5.32 Å². The van der Waals surface area contributed by atoms with E-state index in [0.717, 1.165) is 5.56 Å². The highest BCUT2D eigenvalue weighted by Crippen LogP contribution is 2.11. The van der Waals surface area contributed by atoms with E-state index in [1.54, 1.807) is 30.3 Å². The number of hydrogen-bond donors (Lipinski definition) is 1. The minimum Gasteiger partial charge on any atom is -0.325 e. The van der Waals surface area contributed by atoms with Gasteiger partial charge in [0.25, 0.3) is 0 Å². The summed E-state index contributed by atoms with van der Waals surface area (Å²) in [6.45, 7) is 0. The zero-order valence-corrected chi connectivity index (χ0v) is 12.0. The Morgan fingerprint density at radius 3 is 2.29 bits per heavy atom. The SMILES string of the molecule is O=C(CCl)Nc1ccc(C(=O)/C=C/c2ccccc2)cc1. The molecule has 0 spiro atoms. The van der Waals surface area contributed by atoms with Crippen LogP contribution in [0, 0.1) is 0 Å². The molecule has 21 heavy (non-hydrogen) atoms. The number of anilines is 1. The second kappa shape index (κ2) is 7.41. The standard InChI is InChI=1S/C17H14ClNO2/c18-12-17(21)19-15-9-7-14(8-10-15)16(20)11-6-13-4-2-1-3-5-13/h1-11H,12H2,(H,19,21)/b11-6+. The topological polar surface area (TPSA) is 46.2 Å². The molecule has 0 heterocycles. The molecule has 0 aliphatic carbocycles. The molecular formula is C17H14ClNO2. The third kappa shape index (κ3) is 4.58. The Morgan fingerprint density at radius 1 is 1.00 bits per heavy atom. The van der Waals surface area contributed by atoms with Crippen molar-refractivity contribution in [3.63, 3.8) is 0 Å². The number of rotatable bonds is 5. The Hall–Kier alpha value is -2.39. The number of allylic oxidation sites excluding steroid dienone is 1. The number of amides is 1. The van der Waals surface area contributed by atoms with Crippen molar-refractivity contribution in [1.29, 1.82) is 0 Å². The zero-order valence-electron chi connectivity index (χ0n) is 11.3. The van der Waals surface area contributed by atoms with Gasteiger partial charge in [-0.2, -0.15) is 0 Å². The van der Waals surface area contributed by atoms with Crippen molar-refractivity contribution < 1.29 is 9.59 Å². The molecule has 0 aliphatic rings. The summed E-state index contributed by atoms with van der Waals surface area (Å²) in [5.74, 6) is -0.464. The summed E-state index contributed by atoms with van der Waals surface area (Å²) in [6, 6.07) is 16.3. The number of carbonyl (C=O) groups is 2. The number of alkyl halides is 1. The molecule has 0 aromatic heterocycles. The predicted octanol–water partition coefficient (Wildman–Crippen LogP) is 3.76. The van der Waals surface area contributed by atoms with Crippen molar-refractivity contribution in [3.8, 4) is 0 Å². The van der Waals surface area contributed by atoms with Gasteiger partial charge >= 0.3 is 0 Å². The van der Waals surface area contributed by atoms with E-state index < -0.39 is 0 Å². The highest BCUT2D eigenvalue weighted by Gasteiger charge is 2.03. The molecule has 0 saturated heterocycles. The molecule has 4 heteroatoms. The second-order valence-corrected chi connectivity index (χ2v) is 4.63. The average Bonchev–Trinajstić information content (AvgIpc) is 2.54. The van der Waals surface area contributed by atoms with Crippen molar-refractivity contribution in [1.82, 2.24) is 0 Å². The van der Waals surface area contributed by atoms with Gasteiger partial charge in [0.1, 0.15) is 5.88 Å². The first kappa shape index (κ1) is 15.0. The molecule has 0 unspecified atom stereocenters. The Balaban J connectivity index is 2.03. The number of halogens is 1. The molecule has 2 aromatic rings. The first-order chi connectivity index (χ1) is 10.2. The molecule has 1 N–H and O–H groups in total. The van der Waals surface area contributed by atoms with Crippen molar-refractivity contribution >= 4 is 35.1 Å². The highest BCUT2D eigenvalue weighted by atomic mass is 35.5. The first-order valence-electron chi connectivity index (χ1n) is 6.42. The van der Waals surface area contributed by atoms with Crippen molar-refractivity contribution in [2.75, 3.05) is 11.2 Å². The molecule has 0 atom stereocenters. The van der Waals surface area contributed by atoms with Gasteiger partial charge in [-0.05, 0) is 35.9 Å². The number of nitrogens with one attached hydrogen (secondary N) is 1. The lowest BCUT2D eigenvalue weighted by molar-refractivity contribution is -0.113. The summed E-state index contributed by atoms with van der Waals surface area (Å²) in [4.78, 5) is 23.2. The Kier molecular flexibility index (Phi) is 5.29. The molecular weight excluding hydrogens is 286 g/mol. The number of ketones is 1. The van der Waals surface area contributed by atoms with Gasteiger partial charge in [0.15, 0.2) is 5.78 Å². The van der Waals surface area contributed by atoms with Crippen molar-refractivity contribution in [2.24, 2.45) is 0 Å². The lowest BCUT2D eigenvalue weighted by Gasteiger charge is -2.03. The summed E-state index contributed by atoms with van der Waals surface area (Å²) in [7, 11) is 0. The normalized spacial score (nSPS) is 10.5. The van der Waals surface area contributed by atoms with Gasteiger partial charge in [-0.3, -0.25) is 9.59 Å². The Bertz CT molecular complexity index is 648. The van der Waals surface area contributed by atoms with Crippen LogP contribution in [-0.2, 0) is 4.79 Å². The smallest absolute Gasteiger partial charge is 0.239 e. The number of benzene rings is 2. The minimum atomic E-state index is -0.278. The van der Waals surface area contributed by atoms with Gasteiger partial charge in [-0.25, -0.2) is 0 Å². The van der Waals surface area contributed by atoms with Crippen LogP contribution < -0.4 is 5.32 Å². The van der Waals surface area contributed by atoms with Crippen LogP contribution >= 0.6 is 11.6 Å². The van der Waals surface area contributed by atoms with Crippen LogP contribution in [0.25, 0.3) is 6.08 Å². The van der Waals surface area contributed by atoms with E-state index in [9.17, 15) is 9.59 Å². The molecule has 106 valence electrons. The summed E-state index contributed by atoms with van der Waals surface area (Å²) >= 11 is 5.41. The van der Waals surface area contributed by atoms with Gasteiger partial charge in [-0.15, -0.1) is 11.6 Å². The number of hydrogen-bond acceptors (Lipinski definition) is 2. The third-order valence-corrected chi connectivity index (χ3v) is 3.04. The van der Waals surface area contributed by atoms with E-state index in [1.807, 2.05) is 30.3 Å². The van der Waals surface area contributed by atoms with Crippen molar-refractivity contribution in [3.05, 3.63) is 71.8 Å². The van der Waals surface area contributed by atoms with Crippen molar-refractivity contribution in [2.45, 2.75) is 0 Å². The van der Waals surface area contributed by atoms with Crippen LogP contribution in [0.4, 0.5) is 5.69 Å². The molecule has 0 radical (unpaired) electrons. The van der Waals surface area contributed by atoms with Crippen LogP contribution in [0.15, 0.2) is 60.7 Å². The van der Waals surface area contributed by atoms with Crippen LogP contribution in [0.3, 0.4) is 0 Å². The quantitative estimate of drug-likeness (QED) is 0.519. The van der Waals surface area contributed by atoms with E-state index >= 15 is 0 Å². The largest absolute Gasteiger partial charge is 0.325 e. The first-order valence-corrected chi connectivity index (χ1v) is 6.96. The maximum atomic E-state index is 12.0. The lowest BCUT2D eigenvalue weighted by atomic mass is 10.1. The van der Waals surface area contributed by atoms with Crippen LogP contribution in [0.2, 0.25) is 0 Å². The fraction of sp³-hybridized carbons (Fsp3) is 0.0588. The summed E-state index contributed by atoms with van der Waals surface area (Å²) in [5, 5.41) is 2.62. The summed E-state index contributed by atoms with van der Waals surface area (Å²) < 4.78 is 0. The second-order valence-electron chi connectivity index (χ2n) is 4.37. The van der Waals surface area contributed by atoms with Gasteiger partial charge in [-0.1, -0.05) is 36.4 Å². The van der Waals surface area contributed by atoms with Crippen LogP contribution in [0.1, 0.15) is 15.9 Å². The van der Waals surface area contributed by atoms with E-state index in [0.29, 0.717) is 11.3 Å². The van der Waals surface area contributed by atoms with E-state index in [-0.39, 0.29) is 17.6 Å². The lowest BCUT2D eigenvalue weighted by Crippen LogP contribution is -2.12. The summed E-state index contributed by atoms with van der Waals surface area (Å²) in [5.41, 5.74) is 2.15. The fourth-order valence-electron chi connectivity index (χ4n) is 1.74. The third-order valence-electron chi connectivity index (χ3n) is 2.80. The maximum absolute atomic E-state index is 12.0. The molecule has 0 saturated carbocycles. The molecule has 2 aromatic carbocycles. The van der Waals surface area contributed by atoms with Gasteiger partial charge in [0.05, 0.1) is 0 Å². The maximum Gasteiger partial charge on any atom is 0.239 e. The minimum absolute atomic E-state index is 0.0888. The van der Waals surface area contributed by atoms with Gasteiger partial charge in [0.2, 0.25) is 5.91 Å². The average molecular weight is 300 g/mol. The molecule has 1 amide bonds. The molecule has 0 bridgehead atoms. The fourth-order valence-corrected chi connectivity index (χ4v) is 1.81.